The van der Waals surface area contributed by atoms with Crippen LogP contribution in [0.15, 0.2) is 4.99 Å². The molecule has 0 bridgehead atoms. The Labute approximate surface area is 183 Å². The molecule has 1 aliphatic carbocycles. The summed E-state index contributed by atoms with van der Waals surface area (Å²) in [6.45, 7) is 5.37. The fraction of sp³-hybridized carbons (Fsp3) is 0.905. The van der Waals surface area contributed by atoms with Gasteiger partial charge in [0.05, 0.1) is 0 Å². The van der Waals surface area contributed by atoms with Gasteiger partial charge in [-0.05, 0) is 43.4 Å². The number of aliphatic imine (C=N–C) groups is 1. The molecule has 2 aliphatic rings. The second-order valence-electron chi connectivity index (χ2n) is 8.26. The van der Waals surface area contributed by atoms with Crippen LogP contribution in [-0.4, -0.2) is 50.5 Å². The lowest BCUT2D eigenvalue weighted by Gasteiger charge is -2.35. The first-order valence-corrected chi connectivity index (χ1v) is 10.8. The molecule has 5 nitrogen and oxygen atoms in total. The van der Waals surface area contributed by atoms with E-state index >= 15 is 0 Å². The normalized spacial score (nSPS) is 24.3. The van der Waals surface area contributed by atoms with Crippen molar-refractivity contribution < 1.29 is 4.79 Å². The Morgan fingerprint density at radius 3 is 2.22 bits per heavy atom. The second-order valence-corrected chi connectivity index (χ2v) is 8.26. The topological polar surface area (TPSA) is 56.7 Å². The molecule has 27 heavy (non-hydrogen) atoms. The monoisotopic (exact) mass is 492 g/mol. The van der Waals surface area contributed by atoms with Crippen molar-refractivity contribution >= 4 is 35.8 Å². The molecule has 0 radical (unpaired) electrons. The van der Waals surface area contributed by atoms with Crippen LogP contribution in [0.25, 0.3) is 0 Å². The molecular weight excluding hydrogens is 451 g/mol. The highest BCUT2D eigenvalue weighted by molar-refractivity contribution is 14.0. The Morgan fingerprint density at radius 1 is 1.04 bits per heavy atom. The van der Waals surface area contributed by atoms with Crippen molar-refractivity contribution in [1.82, 2.24) is 15.5 Å². The van der Waals surface area contributed by atoms with Gasteiger partial charge in [0.15, 0.2) is 5.96 Å². The van der Waals surface area contributed by atoms with Gasteiger partial charge in [-0.2, -0.15) is 0 Å². The second kappa shape index (κ2) is 13.6. The maximum Gasteiger partial charge on any atom is 0.220 e. The van der Waals surface area contributed by atoms with Crippen LogP contribution in [0.3, 0.4) is 0 Å². The molecule has 0 spiro atoms. The Kier molecular flexibility index (Phi) is 12.4. The van der Waals surface area contributed by atoms with Gasteiger partial charge in [-0.1, -0.05) is 39.0 Å². The first-order chi connectivity index (χ1) is 12.7. The van der Waals surface area contributed by atoms with Crippen molar-refractivity contribution in [3.63, 3.8) is 0 Å². The van der Waals surface area contributed by atoms with Gasteiger partial charge in [0, 0.05) is 40.2 Å². The summed E-state index contributed by atoms with van der Waals surface area (Å²) in [6, 6.07) is 0. The van der Waals surface area contributed by atoms with E-state index in [0.29, 0.717) is 12.3 Å². The maximum atomic E-state index is 11.5. The molecule has 0 aromatic heterocycles. The lowest BCUT2D eigenvalue weighted by Crippen LogP contribution is -2.47. The minimum Gasteiger partial charge on any atom is -0.359 e. The molecule has 1 heterocycles. The smallest absolute Gasteiger partial charge is 0.220 e. The molecule has 0 aromatic carbocycles. The molecule has 2 N–H and O–H groups in total. The van der Waals surface area contributed by atoms with E-state index in [2.05, 4.69) is 27.4 Å². The van der Waals surface area contributed by atoms with Crippen LogP contribution in [0.5, 0.6) is 0 Å². The van der Waals surface area contributed by atoms with E-state index in [9.17, 15) is 4.79 Å². The molecule has 6 heteroatoms. The van der Waals surface area contributed by atoms with E-state index in [0.717, 1.165) is 50.3 Å². The minimum absolute atomic E-state index is 0. The summed E-state index contributed by atoms with van der Waals surface area (Å²) in [7, 11) is 3.61. The third-order valence-corrected chi connectivity index (χ3v) is 6.36. The SMILES string of the molecule is CCCCC1CCC(CNC(=NC)N2CCC(CC(=O)NC)CC2)CC1.I. The summed E-state index contributed by atoms with van der Waals surface area (Å²) in [5.41, 5.74) is 0. The van der Waals surface area contributed by atoms with Gasteiger partial charge in [-0.25, -0.2) is 0 Å². The van der Waals surface area contributed by atoms with Gasteiger partial charge in [0.1, 0.15) is 0 Å². The van der Waals surface area contributed by atoms with Crippen LogP contribution >= 0.6 is 24.0 Å². The van der Waals surface area contributed by atoms with E-state index in [1.165, 1.54) is 44.9 Å². The van der Waals surface area contributed by atoms with Crippen molar-refractivity contribution in [2.24, 2.45) is 22.7 Å². The number of likely N-dealkylation sites (tertiary alicyclic amines) is 1. The number of amides is 1. The number of guanidine groups is 1. The standard InChI is InChI=1S/C21H40N4O.HI/c1-4-5-6-17-7-9-19(10-8-17)16-24-21(23-3)25-13-11-18(12-14-25)15-20(26)22-2;/h17-19H,4-16H2,1-3H3,(H,22,26)(H,23,24);1H. The zero-order valence-electron chi connectivity index (χ0n) is 17.6. The van der Waals surface area contributed by atoms with Crippen LogP contribution in [0.4, 0.5) is 0 Å². The van der Waals surface area contributed by atoms with Gasteiger partial charge < -0.3 is 15.5 Å². The molecule has 1 saturated carbocycles. The van der Waals surface area contributed by atoms with Crippen LogP contribution in [0.2, 0.25) is 0 Å². The number of hydrogen-bond acceptors (Lipinski definition) is 2. The van der Waals surface area contributed by atoms with E-state index < -0.39 is 0 Å². The molecule has 1 amide bonds. The highest BCUT2D eigenvalue weighted by Crippen LogP contribution is 2.31. The van der Waals surface area contributed by atoms with Crippen LogP contribution in [0, 0.1) is 17.8 Å². The lowest BCUT2D eigenvalue weighted by molar-refractivity contribution is -0.121. The van der Waals surface area contributed by atoms with Gasteiger partial charge in [0.25, 0.3) is 0 Å². The largest absolute Gasteiger partial charge is 0.359 e. The number of rotatable bonds is 7. The fourth-order valence-corrected chi connectivity index (χ4v) is 4.50. The summed E-state index contributed by atoms with van der Waals surface area (Å²) in [5.74, 6) is 3.51. The average molecular weight is 492 g/mol. The average Bonchev–Trinajstić information content (AvgIpc) is 2.68. The number of hydrogen-bond donors (Lipinski definition) is 2. The fourth-order valence-electron chi connectivity index (χ4n) is 4.50. The molecule has 2 rings (SSSR count). The van der Waals surface area contributed by atoms with E-state index in [-0.39, 0.29) is 29.9 Å². The molecule has 158 valence electrons. The summed E-state index contributed by atoms with van der Waals surface area (Å²) >= 11 is 0. The van der Waals surface area contributed by atoms with Gasteiger partial charge in [-0.15, -0.1) is 24.0 Å². The van der Waals surface area contributed by atoms with Crippen LogP contribution in [0.1, 0.15) is 71.1 Å². The molecule has 0 atom stereocenters. The zero-order chi connectivity index (χ0) is 18.8. The zero-order valence-corrected chi connectivity index (χ0v) is 20.0. The summed E-state index contributed by atoms with van der Waals surface area (Å²) in [6.07, 6.45) is 12.5. The Balaban J connectivity index is 0.00000364. The Hall–Kier alpha value is -0.530. The molecular formula is C21H41IN4O. The number of nitrogens with one attached hydrogen (secondary N) is 2. The maximum absolute atomic E-state index is 11.5. The van der Waals surface area contributed by atoms with E-state index in [4.69, 9.17) is 0 Å². The summed E-state index contributed by atoms with van der Waals surface area (Å²) in [4.78, 5) is 18.4. The number of unbranched alkanes of at least 4 members (excludes halogenated alkanes) is 1. The molecule has 1 aliphatic heterocycles. The molecule has 1 saturated heterocycles. The van der Waals surface area contributed by atoms with Crippen molar-refractivity contribution in [1.29, 1.82) is 0 Å². The molecule has 2 fully saturated rings. The van der Waals surface area contributed by atoms with Crippen LogP contribution < -0.4 is 10.6 Å². The summed E-state index contributed by atoms with van der Waals surface area (Å²) < 4.78 is 0. The predicted molar refractivity (Wildman–Crippen MR) is 125 cm³/mol. The number of nitrogens with zero attached hydrogens (tertiary/aromatic N) is 2. The quantitative estimate of drug-likeness (QED) is 0.321. The highest BCUT2D eigenvalue weighted by Gasteiger charge is 2.24. The van der Waals surface area contributed by atoms with E-state index in [1.807, 2.05) is 7.05 Å². The number of piperidine rings is 1. The number of carbonyl (C=O) groups excluding carboxylic acids is 1. The molecule has 0 unspecified atom stereocenters. The van der Waals surface area contributed by atoms with Crippen molar-refractivity contribution in [2.45, 2.75) is 71.1 Å². The first kappa shape index (κ1) is 24.5. The number of halogens is 1. The van der Waals surface area contributed by atoms with Gasteiger partial charge >= 0.3 is 0 Å². The Morgan fingerprint density at radius 2 is 1.67 bits per heavy atom. The summed E-state index contributed by atoms with van der Waals surface area (Å²) in [5, 5.41) is 6.37. The third kappa shape index (κ3) is 8.57. The van der Waals surface area contributed by atoms with E-state index in [1.54, 1.807) is 7.05 Å². The highest BCUT2D eigenvalue weighted by atomic mass is 127. The Bertz CT molecular complexity index is 441. The minimum atomic E-state index is 0. The first-order valence-electron chi connectivity index (χ1n) is 10.8. The van der Waals surface area contributed by atoms with Gasteiger partial charge in [-0.3, -0.25) is 9.79 Å². The predicted octanol–water partition coefficient (Wildman–Crippen LogP) is 4.02. The number of carbonyl (C=O) groups is 1. The lowest BCUT2D eigenvalue weighted by atomic mass is 9.80. The molecule has 0 aromatic rings. The van der Waals surface area contributed by atoms with Crippen molar-refractivity contribution in [3.8, 4) is 0 Å². The van der Waals surface area contributed by atoms with Crippen molar-refractivity contribution in [2.75, 3.05) is 33.7 Å². The van der Waals surface area contributed by atoms with Crippen molar-refractivity contribution in [3.05, 3.63) is 0 Å². The van der Waals surface area contributed by atoms with Gasteiger partial charge in [0.2, 0.25) is 5.91 Å². The third-order valence-electron chi connectivity index (χ3n) is 6.36. The van der Waals surface area contributed by atoms with Crippen LogP contribution in [-0.2, 0) is 4.79 Å².